The van der Waals surface area contributed by atoms with Gasteiger partial charge in [-0.2, -0.15) is 0 Å². The Hall–Kier alpha value is -1.63. The van der Waals surface area contributed by atoms with Gasteiger partial charge in [-0.25, -0.2) is 12.7 Å². The van der Waals surface area contributed by atoms with Gasteiger partial charge in [-0.15, -0.1) is 0 Å². The maximum Gasteiger partial charge on any atom is 0.242 e. The molecule has 1 atom stereocenters. The van der Waals surface area contributed by atoms with Crippen LogP contribution >= 0.6 is 0 Å². The van der Waals surface area contributed by atoms with Crippen LogP contribution in [0.15, 0.2) is 52.0 Å². The van der Waals surface area contributed by atoms with Gasteiger partial charge in [0.05, 0.1) is 17.7 Å². The van der Waals surface area contributed by atoms with Gasteiger partial charge in [0.2, 0.25) is 10.0 Å². The number of hydrogen-bond donors (Lipinski definition) is 1. The molecule has 6 heteroatoms. The molecule has 2 rings (SSSR count). The van der Waals surface area contributed by atoms with E-state index in [1.807, 2.05) is 31.2 Å². The number of nitrogens with zero attached hydrogens (tertiary/aromatic N) is 1. The van der Waals surface area contributed by atoms with Crippen LogP contribution in [0.5, 0.6) is 0 Å². The molecule has 114 valence electrons. The van der Waals surface area contributed by atoms with E-state index >= 15 is 0 Å². The summed E-state index contributed by atoms with van der Waals surface area (Å²) in [5.41, 5.74) is 1.03. The topological polar surface area (TPSA) is 62.6 Å². The van der Waals surface area contributed by atoms with Crippen LogP contribution in [0.1, 0.15) is 24.3 Å². The molecule has 1 heterocycles. The molecule has 21 heavy (non-hydrogen) atoms. The lowest BCUT2D eigenvalue weighted by molar-refractivity contribution is 0.460. The van der Waals surface area contributed by atoms with Crippen molar-refractivity contribution in [3.05, 3.63) is 54.0 Å². The van der Waals surface area contributed by atoms with Crippen LogP contribution in [-0.4, -0.2) is 26.8 Å². The van der Waals surface area contributed by atoms with E-state index in [0.29, 0.717) is 11.4 Å². The molecule has 0 saturated heterocycles. The quantitative estimate of drug-likeness (QED) is 0.890. The monoisotopic (exact) mass is 308 g/mol. The predicted molar refractivity (Wildman–Crippen MR) is 81.3 cm³/mol. The van der Waals surface area contributed by atoms with Crippen LogP contribution in [-0.2, 0) is 16.6 Å². The summed E-state index contributed by atoms with van der Waals surface area (Å²) in [5, 5.41) is 3.33. The minimum Gasteiger partial charge on any atom is -0.468 e. The van der Waals surface area contributed by atoms with E-state index < -0.39 is 10.0 Å². The van der Waals surface area contributed by atoms with Crippen molar-refractivity contribution >= 4 is 10.0 Å². The minimum atomic E-state index is -3.37. The van der Waals surface area contributed by atoms with Crippen molar-refractivity contribution in [2.75, 3.05) is 14.1 Å². The van der Waals surface area contributed by atoms with E-state index in [9.17, 15) is 8.42 Å². The Morgan fingerprint density at radius 2 is 1.86 bits per heavy atom. The highest BCUT2D eigenvalue weighted by Crippen LogP contribution is 2.18. The molecule has 1 unspecified atom stereocenters. The molecule has 0 aliphatic rings. The number of nitrogens with one attached hydrogen (secondary N) is 1. The Labute approximate surface area is 125 Å². The summed E-state index contributed by atoms with van der Waals surface area (Å²) < 4.78 is 30.5. The third kappa shape index (κ3) is 3.72. The van der Waals surface area contributed by atoms with Gasteiger partial charge in [0, 0.05) is 20.1 Å². The molecule has 0 fully saturated rings. The first-order valence-electron chi connectivity index (χ1n) is 6.69. The maximum atomic E-state index is 12.0. The zero-order chi connectivity index (χ0) is 15.5. The molecule has 1 N–H and O–H groups in total. The summed E-state index contributed by atoms with van der Waals surface area (Å²) in [6.07, 6.45) is 1.64. The smallest absolute Gasteiger partial charge is 0.242 e. The van der Waals surface area contributed by atoms with Crippen LogP contribution in [0.25, 0.3) is 0 Å². The van der Waals surface area contributed by atoms with Gasteiger partial charge >= 0.3 is 0 Å². The zero-order valence-corrected chi connectivity index (χ0v) is 13.2. The van der Waals surface area contributed by atoms with E-state index in [-0.39, 0.29) is 6.04 Å². The first-order valence-corrected chi connectivity index (χ1v) is 8.13. The summed E-state index contributed by atoms with van der Waals surface area (Å²) in [4.78, 5) is 0.300. The van der Waals surface area contributed by atoms with Crippen molar-refractivity contribution in [1.29, 1.82) is 0 Å². The van der Waals surface area contributed by atoms with E-state index in [1.54, 1.807) is 18.4 Å². The third-order valence-corrected chi connectivity index (χ3v) is 5.15. The molecule has 5 nitrogen and oxygen atoms in total. The van der Waals surface area contributed by atoms with E-state index in [2.05, 4.69) is 5.32 Å². The van der Waals surface area contributed by atoms with Gasteiger partial charge in [-0.05, 0) is 36.8 Å². The van der Waals surface area contributed by atoms with E-state index in [1.165, 1.54) is 18.4 Å². The highest BCUT2D eigenvalue weighted by Gasteiger charge is 2.17. The first-order chi connectivity index (χ1) is 9.91. The van der Waals surface area contributed by atoms with E-state index in [4.69, 9.17) is 4.42 Å². The predicted octanol–water partition coefficient (Wildman–Crippen LogP) is 2.38. The van der Waals surface area contributed by atoms with Gasteiger partial charge in [-0.3, -0.25) is 0 Å². The fourth-order valence-corrected chi connectivity index (χ4v) is 2.83. The zero-order valence-electron chi connectivity index (χ0n) is 12.4. The van der Waals surface area contributed by atoms with Gasteiger partial charge in [-0.1, -0.05) is 12.1 Å². The maximum absolute atomic E-state index is 12.0. The molecule has 0 radical (unpaired) electrons. The molecule has 0 aliphatic carbocycles. The van der Waals surface area contributed by atoms with Gasteiger partial charge in [0.25, 0.3) is 0 Å². The van der Waals surface area contributed by atoms with Crippen LogP contribution in [0.4, 0.5) is 0 Å². The Balaban J connectivity index is 2.05. The largest absolute Gasteiger partial charge is 0.468 e. The second-order valence-corrected chi connectivity index (χ2v) is 7.19. The van der Waals surface area contributed by atoms with Crippen molar-refractivity contribution in [3.63, 3.8) is 0 Å². The van der Waals surface area contributed by atoms with Crippen molar-refractivity contribution in [2.45, 2.75) is 24.4 Å². The second kappa shape index (κ2) is 6.43. The Morgan fingerprint density at radius 1 is 1.19 bits per heavy atom. The summed E-state index contributed by atoms with van der Waals surface area (Å²) in [6.45, 7) is 2.66. The van der Waals surface area contributed by atoms with Crippen molar-refractivity contribution in [2.24, 2.45) is 0 Å². The average molecular weight is 308 g/mol. The molecule has 0 aliphatic heterocycles. The molecule has 0 spiro atoms. The molecule has 1 aromatic carbocycles. The highest BCUT2D eigenvalue weighted by atomic mass is 32.2. The highest BCUT2D eigenvalue weighted by molar-refractivity contribution is 7.89. The third-order valence-electron chi connectivity index (χ3n) is 3.32. The van der Waals surface area contributed by atoms with Crippen molar-refractivity contribution < 1.29 is 12.8 Å². The van der Waals surface area contributed by atoms with Gasteiger partial charge in [0.15, 0.2) is 0 Å². The first kappa shape index (κ1) is 15.8. The van der Waals surface area contributed by atoms with E-state index in [0.717, 1.165) is 11.3 Å². The second-order valence-electron chi connectivity index (χ2n) is 5.04. The fourth-order valence-electron chi connectivity index (χ4n) is 1.92. The minimum absolute atomic E-state index is 0.103. The van der Waals surface area contributed by atoms with Crippen LogP contribution < -0.4 is 5.32 Å². The molecule has 2 aromatic rings. The normalized spacial score (nSPS) is 13.5. The molecule has 0 amide bonds. The standard InChI is InChI=1S/C15H20N2O3S/c1-12(16-11-14-5-4-10-20-14)13-6-8-15(9-7-13)21(18,19)17(2)3/h4-10,12,16H,11H2,1-3H3. The molecular weight excluding hydrogens is 288 g/mol. The molecule has 1 aromatic heterocycles. The van der Waals surface area contributed by atoms with Crippen LogP contribution in [0.3, 0.4) is 0 Å². The summed E-state index contributed by atoms with van der Waals surface area (Å²) in [5.74, 6) is 0.869. The van der Waals surface area contributed by atoms with Gasteiger partial charge in [0.1, 0.15) is 5.76 Å². The lowest BCUT2D eigenvalue weighted by Crippen LogP contribution is -2.22. The lowest BCUT2D eigenvalue weighted by atomic mass is 10.1. The van der Waals surface area contributed by atoms with Crippen LogP contribution in [0.2, 0.25) is 0 Å². The molecule has 0 bridgehead atoms. The number of furan rings is 1. The number of rotatable bonds is 6. The fraction of sp³-hybridized carbons (Fsp3) is 0.333. The Kier molecular flexibility index (Phi) is 4.82. The average Bonchev–Trinajstić information content (AvgIpc) is 2.98. The summed E-state index contributed by atoms with van der Waals surface area (Å²) in [6, 6.07) is 10.8. The van der Waals surface area contributed by atoms with Crippen molar-refractivity contribution in [3.8, 4) is 0 Å². The number of sulfonamides is 1. The molecule has 0 saturated carbocycles. The Morgan fingerprint density at radius 3 is 2.38 bits per heavy atom. The summed E-state index contributed by atoms with van der Waals surface area (Å²) in [7, 11) is -0.320. The number of hydrogen-bond acceptors (Lipinski definition) is 4. The Bertz CT molecular complexity index is 661. The lowest BCUT2D eigenvalue weighted by Gasteiger charge is -2.15. The number of benzene rings is 1. The van der Waals surface area contributed by atoms with Gasteiger partial charge < -0.3 is 9.73 Å². The molecular formula is C15H20N2O3S. The summed E-state index contributed by atoms with van der Waals surface area (Å²) >= 11 is 0. The van der Waals surface area contributed by atoms with Crippen LogP contribution in [0, 0.1) is 0 Å². The van der Waals surface area contributed by atoms with Crippen molar-refractivity contribution in [1.82, 2.24) is 9.62 Å². The SMILES string of the molecule is CC(NCc1ccco1)c1ccc(S(=O)(=O)N(C)C)cc1.